The van der Waals surface area contributed by atoms with Gasteiger partial charge in [-0.3, -0.25) is 9.97 Å². The van der Waals surface area contributed by atoms with Crippen LogP contribution in [0.15, 0.2) is 103 Å². The molecule has 208 valence electrons. The normalized spacial score (nSPS) is 11.2. The molecule has 0 aliphatic carbocycles. The number of hydrogen-bond acceptors (Lipinski definition) is 6. The van der Waals surface area contributed by atoms with Gasteiger partial charge in [-0.25, -0.2) is 13.9 Å². The number of esters is 1. The van der Waals surface area contributed by atoms with Crippen molar-refractivity contribution in [2.75, 3.05) is 7.11 Å². The zero-order chi connectivity index (χ0) is 29.2. The molecular formula is C34H27FN4O3. The highest BCUT2D eigenvalue weighted by atomic mass is 19.1. The third kappa shape index (κ3) is 5.34. The van der Waals surface area contributed by atoms with E-state index in [0.717, 1.165) is 44.7 Å². The van der Waals surface area contributed by atoms with Crippen LogP contribution < -0.4 is 4.74 Å². The van der Waals surface area contributed by atoms with E-state index in [9.17, 15) is 9.18 Å². The van der Waals surface area contributed by atoms with Crippen molar-refractivity contribution >= 4 is 17.0 Å². The molecule has 42 heavy (non-hydrogen) atoms. The van der Waals surface area contributed by atoms with Crippen LogP contribution in [0, 0.1) is 5.82 Å². The summed E-state index contributed by atoms with van der Waals surface area (Å²) in [7, 11) is 1.36. The van der Waals surface area contributed by atoms with Crippen molar-refractivity contribution in [3.63, 3.8) is 0 Å². The summed E-state index contributed by atoms with van der Waals surface area (Å²) in [5.41, 5.74) is 7.59. The molecule has 0 bridgehead atoms. The summed E-state index contributed by atoms with van der Waals surface area (Å²) in [6.45, 7) is 3.73. The highest BCUT2D eigenvalue weighted by Gasteiger charge is 2.16. The number of carbonyl (C=O) groups excluding carboxylic acids is 1. The highest BCUT2D eigenvalue weighted by molar-refractivity contribution is 5.90. The Hall–Kier alpha value is -5.37. The molecule has 0 N–H and O–H groups in total. The fourth-order valence-electron chi connectivity index (χ4n) is 4.79. The summed E-state index contributed by atoms with van der Waals surface area (Å²) in [5, 5.41) is 4.94. The van der Waals surface area contributed by atoms with Gasteiger partial charge in [-0.15, -0.1) is 0 Å². The average Bonchev–Trinajstić information content (AvgIpc) is 3.47. The second kappa shape index (κ2) is 11.2. The summed E-state index contributed by atoms with van der Waals surface area (Å²) in [6.07, 6.45) is 3.21. The summed E-state index contributed by atoms with van der Waals surface area (Å²) in [4.78, 5) is 21.1. The van der Waals surface area contributed by atoms with E-state index >= 15 is 0 Å². The van der Waals surface area contributed by atoms with Gasteiger partial charge >= 0.3 is 5.97 Å². The van der Waals surface area contributed by atoms with Gasteiger partial charge in [0.2, 0.25) is 0 Å². The average molecular weight is 559 g/mol. The van der Waals surface area contributed by atoms with Crippen molar-refractivity contribution in [3.05, 3.63) is 115 Å². The molecule has 0 aliphatic rings. The minimum Gasteiger partial charge on any atom is -0.488 e. The van der Waals surface area contributed by atoms with Crippen molar-refractivity contribution in [1.29, 1.82) is 0 Å². The second-order valence-corrected chi connectivity index (χ2v) is 10.0. The molecule has 0 unspecified atom stereocenters. The Labute approximate surface area is 242 Å². The molecule has 4 aromatic carbocycles. The fraction of sp³-hybridized carbons (Fsp3) is 0.118. The zero-order valence-electron chi connectivity index (χ0n) is 23.3. The number of methoxy groups -OCH3 is 1. The number of halogens is 1. The van der Waals surface area contributed by atoms with Crippen LogP contribution in [0.25, 0.3) is 50.4 Å². The Bertz CT molecular complexity index is 1920. The molecule has 0 radical (unpaired) electrons. The van der Waals surface area contributed by atoms with Gasteiger partial charge in [-0.1, -0.05) is 42.5 Å². The summed E-state index contributed by atoms with van der Waals surface area (Å²) < 4.78 is 26.9. The third-order valence-electron chi connectivity index (χ3n) is 6.79. The monoisotopic (exact) mass is 558 g/mol. The molecule has 6 aromatic rings. The van der Waals surface area contributed by atoms with Crippen LogP contribution in [-0.4, -0.2) is 38.9 Å². The van der Waals surface area contributed by atoms with Crippen LogP contribution in [0.4, 0.5) is 4.39 Å². The van der Waals surface area contributed by atoms with E-state index in [4.69, 9.17) is 14.6 Å². The maximum atomic E-state index is 14.6. The van der Waals surface area contributed by atoms with E-state index < -0.39 is 11.8 Å². The molecule has 6 rings (SSSR count). The minimum atomic E-state index is -0.428. The van der Waals surface area contributed by atoms with Gasteiger partial charge in [0.1, 0.15) is 0 Å². The summed E-state index contributed by atoms with van der Waals surface area (Å²) in [6, 6.07) is 27.8. The zero-order valence-corrected chi connectivity index (χ0v) is 23.3. The van der Waals surface area contributed by atoms with Crippen molar-refractivity contribution in [1.82, 2.24) is 19.7 Å². The Morgan fingerprint density at radius 3 is 2.24 bits per heavy atom. The molecule has 0 atom stereocenters. The first kappa shape index (κ1) is 26.8. The van der Waals surface area contributed by atoms with Gasteiger partial charge in [-0.05, 0) is 73.5 Å². The Morgan fingerprint density at radius 2 is 1.50 bits per heavy atom. The van der Waals surface area contributed by atoms with Crippen LogP contribution in [0.2, 0.25) is 0 Å². The lowest BCUT2D eigenvalue weighted by atomic mass is 10.0. The van der Waals surface area contributed by atoms with Crippen molar-refractivity contribution in [2.24, 2.45) is 0 Å². The molecular weight excluding hydrogens is 531 g/mol. The first-order chi connectivity index (χ1) is 20.4. The predicted molar refractivity (Wildman–Crippen MR) is 160 cm³/mol. The Balaban J connectivity index is 1.41. The Morgan fingerprint density at radius 1 is 0.786 bits per heavy atom. The molecule has 7 nitrogen and oxygen atoms in total. The molecule has 2 aromatic heterocycles. The van der Waals surface area contributed by atoms with Gasteiger partial charge in [0, 0.05) is 23.5 Å². The third-order valence-corrected chi connectivity index (χ3v) is 6.79. The van der Waals surface area contributed by atoms with Crippen LogP contribution in [0.3, 0.4) is 0 Å². The molecule has 2 heterocycles. The van der Waals surface area contributed by atoms with E-state index in [1.807, 2.05) is 74.5 Å². The van der Waals surface area contributed by atoms with E-state index in [1.54, 1.807) is 41.3 Å². The van der Waals surface area contributed by atoms with Gasteiger partial charge in [0.05, 0.1) is 46.9 Å². The van der Waals surface area contributed by atoms with Crippen LogP contribution >= 0.6 is 0 Å². The maximum absolute atomic E-state index is 14.6. The van der Waals surface area contributed by atoms with Gasteiger partial charge < -0.3 is 9.47 Å². The smallest absolute Gasteiger partial charge is 0.337 e. The van der Waals surface area contributed by atoms with E-state index in [1.165, 1.54) is 13.2 Å². The fourth-order valence-corrected chi connectivity index (χ4v) is 4.79. The molecule has 0 amide bonds. The lowest BCUT2D eigenvalue weighted by molar-refractivity contribution is 0.0600. The molecule has 0 saturated heterocycles. The number of hydrogen-bond donors (Lipinski definition) is 0. The van der Waals surface area contributed by atoms with Gasteiger partial charge in [0.25, 0.3) is 0 Å². The largest absolute Gasteiger partial charge is 0.488 e. The SMILES string of the molecule is COC(=O)c1cccc(-n2nc(-c3ccc(-c4ccc(OC(C)C)c(F)c4)cc3)cc2-c2ccc3nccnc3c2)c1. The topological polar surface area (TPSA) is 79.1 Å². The Kier molecular flexibility index (Phi) is 7.19. The van der Waals surface area contributed by atoms with E-state index in [2.05, 4.69) is 9.97 Å². The van der Waals surface area contributed by atoms with E-state index in [0.29, 0.717) is 11.3 Å². The van der Waals surface area contributed by atoms with Gasteiger partial charge in [-0.2, -0.15) is 5.10 Å². The molecule has 8 heteroatoms. The number of fused-ring (bicyclic) bond motifs is 1. The first-order valence-electron chi connectivity index (χ1n) is 13.5. The van der Waals surface area contributed by atoms with Crippen LogP contribution in [0.5, 0.6) is 5.75 Å². The molecule has 0 spiro atoms. The van der Waals surface area contributed by atoms with E-state index in [-0.39, 0.29) is 11.9 Å². The number of rotatable bonds is 7. The van der Waals surface area contributed by atoms with Gasteiger partial charge in [0.15, 0.2) is 11.6 Å². The predicted octanol–water partition coefficient (Wildman–Crippen LogP) is 7.53. The number of nitrogens with zero attached hydrogens (tertiary/aromatic N) is 4. The number of ether oxygens (including phenoxy) is 2. The quantitative estimate of drug-likeness (QED) is 0.189. The number of aromatic nitrogens is 4. The van der Waals surface area contributed by atoms with Crippen molar-refractivity contribution in [2.45, 2.75) is 20.0 Å². The molecule has 0 aliphatic heterocycles. The van der Waals surface area contributed by atoms with Crippen LogP contribution in [-0.2, 0) is 4.74 Å². The summed E-state index contributed by atoms with van der Waals surface area (Å²) in [5.74, 6) is -0.593. The maximum Gasteiger partial charge on any atom is 0.337 e. The van der Waals surface area contributed by atoms with Crippen molar-refractivity contribution < 1.29 is 18.7 Å². The standard InChI is InChI=1S/C34H27FN4O3/c1-21(2)42-33-14-12-24(18-28(33)35)22-7-9-23(10-8-22)30-20-32(25-11-13-29-31(19-25)37-16-15-36-29)39(38-30)27-6-4-5-26(17-27)34(40)41-3/h4-21H,1-3H3. The number of benzene rings is 4. The highest BCUT2D eigenvalue weighted by Crippen LogP contribution is 2.32. The summed E-state index contributed by atoms with van der Waals surface area (Å²) >= 11 is 0. The first-order valence-corrected chi connectivity index (χ1v) is 13.5. The van der Waals surface area contributed by atoms with Crippen molar-refractivity contribution in [3.8, 4) is 45.1 Å². The lowest BCUT2D eigenvalue weighted by Gasteiger charge is -2.11. The second-order valence-electron chi connectivity index (χ2n) is 10.0. The number of carbonyl (C=O) groups is 1. The minimum absolute atomic E-state index is 0.111. The molecule has 0 fully saturated rings. The molecule has 0 saturated carbocycles. The van der Waals surface area contributed by atoms with Crippen LogP contribution in [0.1, 0.15) is 24.2 Å². The lowest BCUT2D eigenvalue weighted by Crippen LogP contribution is -2.06.